The number of fused-ring (bicyclic) bond motifs is 1. The van der Waals surface area contributed by atoms with Gasteiger partial charge in [0.25, 0.3) is 5.91 Å². The van der Waals surface area contributed by atoms with Crippen molar-refractivity contribution < 1.29 is 32.3 Å². The van der Waals surface area contributed by atoms with Crippen molar-refractivity contribution in [3.8, 4) is 0 Å². The highest BCUT2D eigenvalue weighted by atomic mass is 19.4. The molecule has 0 atom stereocenters. The molecule has 30 heavy (non-hydrogen) atoms. The van der Waals surface area contributed by atoms with Gasteiger partial charge in [0, 0.05) is 5.56 Å². The van der Waals surface area contributed by atoms with Crippen molar-refractivity contribution in [1.29, 1.82) is 0 Å². The van der Waals surface area contributed by atoms with E-state index in [1.807, 2.05) is 0 Å². The SMILES string of the molecule is O=C(O)c1ccc(CN2C(=O)C(=Nc3cccc(C(F)(F)F)c3)c3ccccc32)o1. The van der Waals surface area contributed by atoms with Gasteiger partial charge in [-0.05, 0) is 36.4 Å². The summed E-state index contributed by atoms with van der Waals surface area (Å²) in [5.74, 6) is -1.78. The number of aliphatic imine (C=N–C) groups is 1. The van der Waals surface area contributed by atoms with E-state index < -0.39 is 23.6 Å². The Bertz CT molecular complexity index is 1180. The minimum Gasteiger partial charge on any atom is -0.475 e. The number of anilines is 1. The molecule has 3 aromatic rings. The molecule has 1 aliphatic rings. The number of furan rings is 1. The van der Waals surface area contributed by atoms with Gasteiger partial charge in [-0.3, -0.25) is 9.69 Å². The molecule has 1 aliphatic heterocycles. The standard InChI is InChI=1S/C21H13F3N2O4/c22-21(23,24)12-4-3-5-13(10-12)25-18-15-6-1-2-7-16(15)26(19(18)27)11-14-8-9-17(30-14)20(28)29/h1-10H,11H2,(H,28,29). The first kappa shape index (κ1) is 19.4. The number of carboxylic acids is 1. The van der Waals surface area contributed by atoms with Crippen LogP contribution in [-0.2, 0) is 17.5 Å². The van der Waals surface area contributed by atoms with Gasteiger partial charge in [-0.15, -0.1) is 0 Å². The summed E-state index contributed by atoms with van der Waals surface area (Å²) in [6.07, 6.45) is -4.53. The van der Waals surface area contributed by atoms with E-state index in [0.29, 0.717) is 11.3 Å². The van der Waals surface area contributed by atoms with Crippen LogP contribution in [0.5, 0.6) is 0 Å². The highest BCUT2D eigenvalue weighted by Crippen LogP contribution is 2.34. The number of carboxylic acid groups (broad SMARTS) is 1. The van der Waals surface area contributed by atoms with Crippen LogP contribution in [0, 0.1) is 0 Å². The third-order valence-corrected chi connectivity index (χ3v) is 4.50. The quantitative estimate of drug-likeness (QED) is 0.673. The number of para-hydroxylation sites is 1. The second-order valence-electron chi connectivity index (χ2n) is 6.49. The molecule has 2 aromatic carbocycles. The van der Waals surface area contributed by atoms with Crippen LogP contribution in [0.15, 0.2) is 70.1 Å². The summed E-state index contributed by atoms with van der Waals surface area (Å²) >= 11 is 0. The Morgan fingerprint density at radius 1 is 1.07 bits per heavy atom. The number of benzene rings is 2. The summed E-state index contributed by atoms with van der Waals surface area (Å²) in [6, 6.07) is 13.8. The number of carbonyl (C=O) groups excluding carboxylic acids is 1. The van der Waals surface area contributed by atoms with E-state index in [1.54, 1.807) is 24.3 Å². The first-order valence-electron chi connectivity index (χ1n) is 8.73. The Kier molecular flexibility index (Phi) is 4.65. The van der Waals surface area contributed by atoms with Crippen LogP contribution < -0.4 is 4.90 Å². The highest BCUT2D eigenvalue weighted by molar-refractivity contribution is 6.54. The zero-order valence-corrected chi connectivity index (χ0v) is 15.2. The highest BCUT2D eigenvalue weighted by Gasteiger charge is 2.35. The summed E-state index contributed by atoms with van der Waals surface area (Å²) < 4.78 is 44.2. The number of carbonyl (C=O) groups is 2. The van der Waals surface area contributed by atoms with Crippen molar-refractivity contribution in [2.45, 2.75) is 12.7 Å². The predicted molar refractivity (Wildman–Crippen MR) is 101 cm³/mol. The average molecular weight is 414 g/mol. The third-order valence-electron chi connectivity index (χ3n) is 4.50. The maximum atomic E-state index is 13.0. The fraction of sp³-hybridized carbons (Fsp3) is 0.0952. The van der Waals surface area contributed by atoms with Gasteiger partial charge in [-0.2, -0.15) is 13.2 Å². The molecule has 0 bridgehead atoms. The van der Waals surface area contributed by atoms with E-state index in [0.717, 1.165) is 12.1 Å². The van der Waals surface area contributed by atoms with Crippen LogP contribution >= 0.6 is 0 Å². The summed E-state index contributed by atoms with van der Waals surface area (Å²) in [7, 11) is 0. The number of amides is 1. The molecule has 152 valence electrons. The first-order valence-corrected chi connectivity index (χ1v) is 8.73. The van der Waals surface area contributed by atoms with Crippen molar-refractivity contribution in [3.63, 3.8) is 0 Å². The van der Waals surface area contributed by atoms with Gasteiger partial charge >= 0.3 is 12.1 Å². The second-order valence-corrected chi connectivity index (χ2v) is 6.49. The topological polar surface area (TPSA) is 83.1 Å². The number of hydrogen-bond donors (Lipinski definition) is 1. The Morgan fingerprint density at radius 3 is 2.53 bits per heavy atom. The lowest BCUT2D eigenvalue weighted by atomic mass is 10.1. The maximum absolute atomic E-state index is 13.0. The van der Waals surface area contributed by atoms with E-state index in [4.69, 9.17) is 9.52 Å². The van der Waals surface area contributed by atoms with Crippen molar-refractivity contribution in [2.24, 2.45) is 4.99 Å². The maximum Gasteiger partial charge on any atom is 0.416 e. The van der Waals surface area contributed by atoms with Crippen molar-refractivity contribution >= 4 is 29.0 Å². The Labute approximate surface area is 167 Å². The molecule has 0 saturated carbocycles. The monoisotopic (exact) mass is 414 g/mol. The molecule has 1 aromatic heterocycles. The number of halogens is 3. The number of nitrogens with zero attached hydrogens (tertiary/aromatic N) is 2. The largest absolute Gasteiger partial charge is 0.475 e. The summed E-state index contributed by atoms with van der Waals surface area (Å²) in [5.41, 5.74) is 0.0917. The van der Waals surface area contributed by atoms with Crippen molar-refractivity contribution in [1.82, 2.24) is 0 Å². The molecule has 6 nitrogen and oxygen atoms in total. The van der Waals surface area contributed by atoms with Crippen LogP contribution in [0.25, 0.3) is 0 Å². The van der Waals surface area contributed by atoms with Gasteiger partial charge in [-0.25, -0.2) is 9.79 Å². The van der Waals surface area contributed by atoms with Gasteiger partial charge in [0.05, 0.1) is 23.5 Å². The second kappa shape index (κ2) is 7.18. The Morgan fingerprint density at radius 2 is 1.83 bits per heavy atom. The average Bonchev–Trinajstić information content (AvgIpc) is 3.27. The minimum atomic E-state index is -4.53. The lowest BCUT2D eigenvalue weighted by Crippen LogP contribution is -2.29. The minimum absolute atomic E-state index is 0.00371. The zero-order valence-electron chi connectivity index (χ0n) is 15.2. The summed E-state index contributed by atoms with van der Waals surface area (Å²) in [4.78, 5) is 29.5. The van der Waals surface area contributed by atoms with Gasteiger partial charge in [0.1, 0.15) is 11.5 Å². The molecule has 0 unspecified atom stereocenters. The molecule has 9 heteroatoms. The fourth-order valence-corrected chi connectivity index (χ4v) is 3.14. The molecule has 0 saturated heterocycles. The molecule has 0 radical (unpaired) electrons. The lowest BCUT2D eigenvalue weighted by Gasteiger charge is -2.15. The molecule has 1 N–H and O–H groups in total. The van der Waals surface area contributed by atoms with E-state index >= 15 is 0 Å². The van der Waals surface area contributed by atoms with E-state index in [1.165, 1.54) is 29.2 Å². The smallest absolute Gasteiger partial charge is 0.416 e. The van der Waals surface area contributed by atoms with Crippen LogP contribution in [0.4, 0.5) is 24.5 Å². The van der Waals surface area contributed by atoms with Gasteiger partial charge in [0.2, 0.25) is 5.76 Å². The number of aromatic carboxylic acids is 1. The molecule has 1 amide bonds. The molecule has 4 rings (SSSR count). The molecule has 2 heterocycles. The van der Waals surface area contributed by atoms with Gasteiger partial charge in [-0.1, -0.05) is 24.3 Å². The molecule has 0 aliphatic carbocycles. The van der Waals surface area contributed by atoms with E-state index in [-0.39, 0.29) is 29.5 Å². The van der Waals surface area contributed by atoms with E-state index in [9.17, 15) is 22.8 Å². The molecule has 0 spiro atoms. The van der Waals surface area contributed by atoms with Crippen LogP contribution in [-0.4, -0.2) is 22.7 Å². The normalized spacial score (nSPS) is 15.0. The number of hydrogen-bond acceptors (Lipinski definition) is 4. The molecular formula is C21H13F3N2O4. The van der Waals surface area contributed by atoms with E-state index in [2.05, 4.69) is 4.99 Å². The predicted octanol–water partition coefficient (Wildman–Crippen LogP) is 4.66. The van der Waals surface area contributed by atoms with Crippen LogP contribution in [0.3, 0.4) is 0 Å². The zero-order chi connectivity index (χ0) is 21.5. The number of rotatable bonds is 4. The molecular weight excluding hydrogens is 401 g/mol. The molecule has 0 fully saturated rings. The van der Waals surface area contributed by atoms with Crippen molar-refractivity contribution in [2.75, 3.05) is 4.90 Å². The van der Waals surface area contributed by atoms with Gasteiger partial charge < -0.3 is 9.52 Å². The summed E-state index contributed by atoms with van der Waals surface area (Å²) in [6.45, 7) is -0.0509. The number of alkyl halides is 3. The fourth-order valence-electron chi connectivity index (χ4n) is 3.14. The Hall–Kier alpha value is -3.88. The Balaban J connectivity index is 1.71. The van der Waals surface area contributed by atoms with Crippen molar-refractivity contribution in [3.05, 3.63) is 83.3 Å². The van der Waals surface area contributed by atoms with Crippen LogP contribution in [0.2, 0.25) is 0 Å². The third kappa shape index (κ3) is 3.57. The summed E-state index contributed by atoms with van der Waals surface area (Å²) in [5, 5.41) is 8.98. The van der Waals surface area contributed by atoms with Gasteiger partial charge in [0.15, 0.2) is 0 Å². The lowest BCUT2D eigenvalue weighted by molar-refractivity contribution is -0.137. The van der Waals surface area contributed by atoms with Crippen LogP contribution in [0.1, 0.15) is 27.4 Å². The first-order chi connectivity index (χ1) is 14.2.